The number of likely N-dealkylation sites (N-methyl/N-ethyl adjacent to an activating group) is 1. The number of hydrogen-bond donors (Lipinski definition) is 2. The van der Waals surface area contributed by atoms with Crippen LogP contribution in [0.1, 0.15) is 25.6 Å². The van der Waals surface area contributed by atoms with Crippen LogP contribution < -0.4 is 11.1 Å². The molecule has 2 aromatic heterocycles. The zero-order valence-corrected chi connectivity index (χ0v) is 13.6. The average Bonchev–Trinajstić information content (AvgIpc) is 2.78. The zero-order valence-electron chi connectivity index (χ0n) is 12.8. The second kappa shape index (κ2) is 5.54. The van der Waals surface area contributed by atoms with Gasteiger partial charge in [0.25, 0.3) is 0 Å². The summed E-state index contributed by atoms with van der Waals surface area (Å²) in [5, 5.41) is 4.49. The molecule has 110 valence electrons. The first-order valence-corrected chi connectivity index (χ1v) is 7.62. The smallest absolute Gasteiger partial charge is 0.223 e. The highest BCUT2D eigenvalue weighted by Gasteiger charge is 2.21. The maximum absolute atomic E-state index is 5.81. The summed E-state index contributed by atoms with van der Waals surface area (Å²) in [6.07, 6.45) is 1.00. The number of fused-ring (bicyclic) bond motifs is 1. The van der Waals surface area contributed by atoms with E-state index in [0.29, 0.717) is 5.95 Å². The van der Waals surface area contributed by atoms with Crippen molar-refractivity contribution in [2.45, 2.75) is 32.7 Å². The quantitative estimate of drug-likeness (QED) is 0.887. The molecule has 0 saturated carbocycles. The second-order valence-electron chi connectivity index (χ2n) is 5.78. The molecule has 2 heterocycles. The highest BCUT2D eigenvalue weighted by Crippen LogP contribution is 2.30. The zero-order chi connectivity index (χ0) is 14.9. The predicted molar refractivity (Wildman–Crippen MR) is 87.5 cm³/mol. The average molecular weight is 293 g/mol. The lowest BCUT2D eigenvalue weighted by Crippen LogP contribution is -2.44. The van der Waals surface area contributed by atoms with E-state index < -0.39 is 0 Å². The summed E-state index contributed by atoms with van der Waals surface area (Å²) < 4.78 is 0. The third-order valence-electron chi connectivity index (χ3n) is 3.71. The fourth-order valence-corrected chi connectivity index (χ4v) is 2.73. The number of aryl methyl sites for hydroxylation is 1. The summed E-state index contributed by atoms with van der Waals surface area (Å²) >= 11 is 1.68. The molecular weight excluding hydrogens is 270 g/mol. The maximum Gasteiger partial charge on any atom is 0.223 e. The van der Waals surface area contributed by atoms with Gasteiger partial charge in [-0.15, -0.1) is 11.3 Å². The summed E-state index contributed by atoms with van der Waals surface area (Å²) in [7, 11) is 4.15. The van der Waals surface area contributed by atoms with E-state index in [2.05, 4.69) is 61.1 Å². The van der Waals surface area contributed by atoms with Crippen LogP contribution in [-0.4, -0.2) is 41.0 Å². The van der Waals surface area contributed by atoms with Gasteiger partial charge >= 0.3 is 0 Å². The minimum Gasteiger partial charge on any atom is -0.368 e. The molecule has 0 radical (unpaired) electrons. The van der Waals surface area contributed by atoms with Crippen LogP contribution in [0.15, 0.2) is 6.07 Å². The Labute approximate surface area is 124 Å². The van der Waals surface area contributed by atoms with E-state index in [1.807, 2.05) is 0 Å². The standard InChI is InChI=1S/C14H23N5S/c1-6-9-7-10-11(16-8-14(2,3)19(4)5)17-13(15)18-12(10)20-9/h7H,6,8H2,1-5H3,(H3,15,16,17,18). The molecule has 0 spiro atoms. The normalized spacial score (nSPS) is 12.3. The molecule has 2 rings (SSSR count). The van der Waals surface area contributed by atoms with E-state index in [9.17, 15) is 0 Å². The van der Waals surface area contributed by atoms with Crippen molar-refractivity contribution in [3.05, 3.63) is 10.9 Å². The Hall–Kier alpha value is -1.40. The molecule has 0 aliphatic carbocycles. The fourth-order valence-electron chi connectivity index (χ4n) is 1.75. The second-order valence-corrected chi connectivity index (χ2v) is 6.89. The highest BCUT2D eigenvalue weighted by molar-refractivity contribution is 7.18. The number of hydrogen-bond acceptors (Lipinski definition) is 6. The minimum atomic E-state index is 0.0373. The van der Waals surface area contributed by atoms with Gasteiger partial charge in [0, 0.05) is 17.0 Å². The van der Waals surface area contributed by atoms with Gasteiger partial charge in [0.05, 0.1) is 5.39 Å². The fraction of sp³-hybridized carbons (Fsp3) is 0.571. The Morgan fingerprint density at radius 3 is 2.65 bits per heavy atom. The molecule has 0 aromatic carbocycles. The van der Waals surface area contributed by atoms with Crippen molar-refractivity contribution in [1.29, 1.82) is 0 Å². The SMILES string of the molecule is CCc1cc2c(NCC(C)(C)N(C)C)nc(N)nc2s1. The number of nitrogen functional groups attached to an aromatic ring is 1. The van der Waals surface area contributed by atoms with Gasteiger partial charge in [-0.25, -0.2) is 4.98 Å². The van der Waals surface area contributed by atoms with Crippen molar-refractivity contribution >= 4 is 33.3 Å². The summed E-state index contributed by atoms with van der Waals surface area (Å²) in [6, 6.07) is 2.16. The number of nitrogens with zero attached hydrogens (tertiary/aromatic N) is 3. The lowest BCUT2D eigenvalue weighted by atomic mass is 10.0. The number of thiophene rings is 1. The Balaban J connectivity index is 2.31. The molecule has 2 aromatic rings. The first-order valence-electron chi connectivity index (χ1n) is 6.80. The Kier molecular flexibility index (Phi) is 4.15. The third kappa shape index (κ3) is 3.02. The Bertz CT molecular complexity index is 603. The number of nitrogens with two attached hydrogens (primary N) is 1. The number of rotatable bonds is 5. The van der Waals surface area contributed by atoms with Crippen molar-refractivity contribution in [2.75, 3.05) is 31.7 Å². The monoisotopic (exact) mass is 293 g/mol. The largest absolute Gasteiger partial charge is 0.368 e. The molecular formula is C14H23N5S. The van der Waals surface area contributed by atoms with Gasteiger partial charge in [0.15, 0.2) is 0 Å². The van der Waals surface area contributed by atoms with Crippen LogP contribution in [0.2, 0.25) is 0 Å². The van der Waals surface area contributed by atoms with Gasteiger partial charge in [-0.2, -0.15) is 4.98 Å². The lowest BCUT2D eigenvalue weighted by Gasteiger charge is -2.32. The van der Waals surface area contributed by atoms with Crippen LogP contribution in [-0.2, 0) is 6.42 Å². The predicted octanol–water partition coefficient (Wildman–Crippen LogP) is 2.59. The van der Waals surface area contributed by atoms with Crippen LogP contribution in [0.5, 0.6) is 0 Å². The van der Waals surface area contributed by atoms with Crippen LogP contribution in [0.4, 0.5) is 11.8 Å². The van der Waals surface area contributed by atoms with Gasteiger partial charge in [-0.1, -0.05) is 6.92 Å². The third-order valence-corrected chi connectivity index (χ3v) is 4.88. The molecule has 0 saturated heterocycles. The van der Waals surface area contributed by atoms with Gasteiger partial charge in [0.2, 0.25) is 5.95 Å². The first kappa shape index (κ1) is 15.0. The molecule has 20 heavy (non-hydrogen) atoms. The summed E-state index contributed by atoms with van der Waals surface area (Å²) in [4.78, 5) is 13.1. The number of anilines is 2. The molecule has 3 N–H and O–H groups in total. The molecule has 0 bridgehead atoms. The van der Waals surface area contributed by atoms with Crippen molar-refractivity contribution in [2.24, 2.45) is 0 Å². The van der Waals surface area contributed by atoms with E-state index in [4.69, 9.17) is 5.73 Å². The minimum absolute atomic E-state index is 0.0373. The molecule has 5 nitrogen and oxygen atoms in total. The van der Waals surface area contributed by atoms with Crippen LogP contribution in [0.25, 0.3) is 10.2 Å². The van der Waals surface area contributed by atoms with Gasteiger partial charge in [-0.3, -0.25) is 0 Å². The van der Waals surface area contributed by atoms with E-state index in [1.54, 1.807) is 11.3 Å². The molecule has 0 fully saturated rings. The molecule has 0 atom stereocenters. The Morgan fingerprint density at radius 1 is 1.35 bits per heavy atom. The van der Waals surface area contributed by atoms with Crippen molar-refractivity contribution < 1.29 is 0 Å². The van der Waals surface area contributed by atoms with Crippen molar-refractivity contribution in [1.82, 2.24) is 14.9 Å². The van der Waals surface area contributed by atoms with Gasteiger partial charge < -0.3 is 16.0 Å². The van der Waals surface area contributed by atoms with E-state index >= 15 is 0 Å². The summed E-state index contributed by atoms with van der Waals surface area (Å²) in [5.74, 6) is 1.16. The van der Waals surface area contributed by atoms with E-state index in [1.165, 1.54) is 4.88 Å². The molecule has 0 aliphatic rings. The lowest BCUT2D eigenvalue weighted by molar-refractivity contribution is 0.210. The van der Waals surface area contributed by atoms with Crippen molar-refractivity contribution in [3.63, 3.8) is 0 Å². The van der Waals surface area contributed by atoms with Crippen LogP contribution in [0.3, 0.4) is 0 Å². The molecule has 0 unspecified atom stereocenters. The van der Waals surface area contributed by atoms with E-state index in [0.717, 1.165) is 29.0 Å². The van der Waals surface area contributed by atoms with Crippen LogP contribution >= 0.6 is 11.3 Å². The summed E-state index contributed by atoms with van der Waals surface area (Å²) in [5.41, 5.74) is 5.85. The molecule has 0 amide bonds. The van der Waals surface area contributed by atoms with E-state index in [-0.39, 0.29) is 5.54 Å². The highest BCUT2D eigenvalue weighted by atomic mass is 32.1. The van der Waals surface area contributed by atoms with Crippen molar-refractivity contribution in [3.8, 4) is 0 Å². The first-order chi connectivity index (χ1) is 9.33. The summed E-state index contributed by atoms with van der Waals surface area (Å²) in [6.45, 7) is 7.31. The molecule has 0 aliphatic heterocycles. The van der Waals surface area contributed by atoms with Gasteiger partial charge in [0.1, 0.15) is 10.6 Å². The van der Waals surface area contributed by atoms with Crippen LogP contribution in [0, 0.1) is 0 Å². The van der Waals surface area contributed by atoms with Gasteiger partial charge in [-0.05, 0) is 40.4 Å². The number of aromatic nitrogens is 2. The topological polar surface area (TPSA) is 67.1 Å². The number of nitrogens with one attached hydrogen (secondary N) is 1. The maximum atomic E-state index is 5.81. The Morgan fingerprint density at radius 2 is 2.05 bits per heavy atom. The molecule has 6 heteroatoms.